The van der Waals surface area contributed by atoms with Crippen molar-refractivity contribution in [1.82, 2.24) is 19.1 Å². The number of rotatable bonds is 3. The van der Waals surface area contributed by atoms with Gasteiger partial charge in [-0.15, -0.1) is 0 Å². The highest BCUT2D eigenvalue weighted by Crippen LogP contribution is 2.43. The first-order chi connectivity index (χ1) is 26.8. The molecule has 0 fully saturated rings. The molecule has 3 heterocycles. The third-order valence-electron chi connectivity index (χ3n) is 11.3. The highest BCUT2D eigenvalue weighted by atomic mass is 15.1. The topological polar surface area (TPSA) is 35.6 Å². The van der Waals surface area contributed by atoms with Crippen LogP contribution in [-0.2, 0) is 0 Å². The van der Waals surface area contributed by atoms with Gasteiger partial charge in [0.05, 0.1) is 38.8 Å². The van der Waals surface area contributed by atoms with Crippen LogP contribution in [0.4, 0.5) is 0 Å². The lowest BCUT2D eigenvalue weighted by molar-refractivity contribution is 1.08. The van der Waals surface area contributed by atoms with E-state index in [9.17, 15) is 0 Å². The van der Waals surface area contributed by atoms with E-state index in [2.05, 4.69) is 191 Å². The third-order valence-corrected chi connectivity index (χ3v) is 11.3. The lowest BCUT2D eigenvalue weighted by Gasteiger charge is -2.16. The van der Waals surface area contributed by atoms with Crippen LogP contribution in [0.25, 0.3) is 110 Å². The minimum absolute atomic E-state index is 0.817. The molecule has 0 saturated carbocycles. The Morgan fingerprint density at radius 2 is 0.796 bits per heavy atom. The van der Waals surface area contributed by atoms with Gasteiger partial charge in [-0.3, -0.25) is 4.57 Å². The zero-order chi connectivity index (χ0) is 35.3. The number of nitrogens with zero attached hydrogens (tertiary/aromatic N) is 4. The summed E-state index contributed by atoms with van der Waals surface area (Å²) in [5.41, 5.74) is 9.41. The van der Waals surface area contributed by atoms with Crippen LogP contribution < -0.4 is 0 Å². The Labute approximate surface area is 309 Å². The van der Waals surface area contributed by atoms with Gasteiger partial charge in [-0.25, -0.2) is 9.97 Å². The summed E-state index contributed by atoms with van der Waals surface area (Å²) < 4.78 is 4.80. The summed E-state index contributed by atoms with van der Waals surface area (Å²) in [6.07, 6.45) is 0. The molecule has 250 valence electrons. The first kappa shape index (κ1) is 29.3. The van der Waals surface area contributed by atoms with Crippen LogP contribution in [0.15, 0.2) is 182 Å². The molecular formula is C50H30N4. The molecule has 0 atom stereocenters. The van der Waals surface area contributed by atoms with E-state index in [4.69, 9.17) is 9.97 Å². The van der Waals surface area contributed by atoms with E-state index in [0.29, 0.717) is 0 Å². The van der Waals surface area contributed by atoms with Gasteiger partial charge in [-0.1, -0.05) is 152 Å². The fourth-order valence-corrected chi connectivity index (χ4v) is 8.92. The summed E-state index contributed by atoms with van der Waals surface area (Å²) >= 11 is 0. The smallest absolute Gasteiger partial charge is 0.165 e. The van der Waals surface area contributed by atoms with Gasteiger partial charge in [0.25, 0.3) is 0 Å². The second-order valence-electron chi connectivity index (χ2n) is 14.1. The maximum atomic E-state index is 5.70. The largest absolute Gasteiger partial charge is 0.309 e. The molecule has 0 saturated heterocycles. The fraction of sp³-hybridized carbons (Fsp3) is 0. The monoisotopic (exact) mass is 686 g/mol. The normalized spacial score (nSPS) is 12.1. The van der Waals surface area contributed by atoms with Gasteiger partial charge < -0.3 is 4.57 Å². The maximum absolute atomic E-state index is 5.70. The molecule has 54 heavy (non-hydrogen) atoms. The molecule has 4 nitrogen and oxygen atoms in total. The van der Waals surface area contributed by atoms with E-state index in [1.807, 2.05) is 0 Å². The van der Waals surface area contributed by atoms with E-state index in [1.165, 1.54) is 59.8 Å². The average Bonchev–Trinajstić information content (AvgIpc) is 3.74. The Morgan fingerprint density at radius 3 is 1.46 bits per heavy atom. The predicted molar refractivity (Wildman–Crippen MR) is 226 cm³/mol. The molecule has 12 aromatic rings. The van der Waals surface area contributed by atoms with Crippen molar-refractivity contribution in [3.63, 3.8) is 0 Å². The summed E-state index contributed by atoms with van der Waals surface area (Å²) in [5.74, 6) is 0.817. The molecule has 0 radical (unpaired) electrons. The lowest BCUT2D eigenvalue weighted by Crippen LogP contribution is -2.04. The summed E-state index contributed by atoms with van der Waals surface area (Å²) in [4.78, 5) is 11.3. The number of para-hydroxylation sites is 2. The molecule has 4 heteroatoms. The molecule has 3 aromatic heterocycles. The number of benzene rings is 9. The molecule has 0 N–H and O–H groups in total. The van der Waals surface area contributed by atoms with Crippen molar-refractivity contribution in [3.8, 4) is 22.8 Å². The van der Waals surface area contributed by atoms with Crippen LogP contribution in [0.2, 0.25) is 0 Å². The van der Waals surface area contributed by atoms with Crippen LogP contribution in [-0.4, -0.2) is 19.1 Å². The number of aromatic nitrogens is 4. The zero-order valence-electron chi connectivity index (χ0n) is 29.1. The Morgan fingerprint density at radius 1 is 0.315 bits per heavy atom. The Bertz CT molecular complexity index is 3490. The first-order valence-electron chi connectivity index (χ1n) is 18.4. The van der Waals surface area contributed by atoms with Crippen LogP contribution in [0, 0.1) is 0 Å². The number of fused-ring (bicyclic) bond motifs is 13. The number of hydrogen-bond donors (Lipinski definition) is 0. The standard InChI is InChI=1S/C50H30N4/c1-2-16-32(17-3-1)47-50(52-49-39-25-9-7-21-35(39)34-20-6-8-24-38(34)48(49)51-47)54-44-27-13-11-23-37(44)41-29-45-40(30-46(41)54)36-22-10-12-26-43(36)53(45)42-28-14-18-31-15-4-5-19-33(31)42/h1-30H. The molecule has 0 aliphatic rings. The summed E-state index contributed by atoms with van der Waals surface area (Å²) in [5, 5.41) is 11.8. The summed E-state index contributed by atoms with van der Waals surface area (Å²) in [6.45, 7) is 0. The van der Waals surface area contributed by atoms with Gasteiger partial charge >= 0.3 is 0 Å². The Hall–Kier alpha value is -7.30. The van der Waals surface area contributed by atoms with Crippen molar-refractivity contribution in [2.45, 2.75) is 0 Å². The van der Waals surface area contributed by atoms with E-state index >= 15 is 0 Å². The average molecular weight is 687 g/mol. The highest BCUT2D eigenvalue weighted by molar-refractivity contribution is 6.24. The van der Waals surface area contributed by atoms with Crippen molar-refractivity contribution in [3.05, 3.63) is 182 Å². The van der Waals surface area contributed by atoms with Crippen molar-refractivity contribution in [1.29, 1.82) is 0 Å². The van der Waals surface area contributed by atoms with Crippen LogP contribution >= 0.6 is 0 Å². The molecule has 0 spiro atoms. The quantitative estimate of drug-likeness (QED) is 0.173. The minimum atomic E-state index is 0.817. The van der Waals surface area contributed by atoms with Crippen molar-refractivity contribution >= 4 is 87.0 Å². The summed E-state index contributed by atoms with van der Waals surface area (Å²) in [6, 6.07) is 65.2. The van der Waals surface area contributed by atoms with Crippen molar-refractivity contribution in [2.75, 3.05) is 0 Å². The molecule has 0 aliphatic carbocycles. The molecular weight excluding hydrogens is 657 g/mol. The van der Waals surface area contributed by atoms with Crippen molar-refractivity contribution < 1.29 is 0 Å². The SMILES string of the molecule is c1ccc(-c2nc3c4ccccc4c4ccccc4c3nc2-n2c3ccccc3c3cc4c(cc32)c2ccccc2n4-c2cccc3ccccc23)cc1. The lowest BCUT2D eigenvalue weighted by atomic mass is 9.99. The van der Waals surface area contributed by atoms with Gasteiger partial charge in [0.1, 0.15) is 5.69 Å². The Kier molecular flexibility index (Phi) is 6.02. The van der Waals surface area contributed by atoms with Gasteiger partial charge in [0.2, 0.25) is 0 Å². The fourth-order valence-electron chi connectivity index (χ4n) is 8.92. The van der Waals surface area contributed by atoms with Crippen molar-refractivity contribution in [2.24, 2.45) is 0 Å². The molecule has 0 amide bonds. The highest BCUT2D eigenvalue weighted by Gasteiger charge is 2.23. The van der Waals surface area contributed by atoms with Gasteiger partial charge in [-0.05, 0) is 46.5 Å². The second kappa shape index (κ2) is 11.1. The van der Waals surface area contributed by atoms with Crippen LogP contribution in [0.5, 0.6) is 0 Å². The molecule has 0 unspecified atom stereocenters. The molecule has 0 aliphatic heterocycles. The third kappa shape index (κ3) is 4.02. The number of hydrogen-bond acceptors (Lipinski definition) is 2. The van der Waals surface area contributed by atoms with Gasteiger partial charge in [-0.2, -0.15) is 0 Å². The van der Waals surface area contributed by atoms with E-state index in [1.54, 1.807) is 0 Å². The first-order valence-corrected chi connectivity index (χ1v) is 18.4. The van der Waals surface area contributed by atoms with Gasteiger partial charge in [0.15, 0.2) is 5.82 Å². The molecule has 12 rings (SSSR count). The second-order valence-corrected chi connectivity index (χ2v) is 14.1. The Balaban J connectivity index is 1.26. The molecule has 0 bridgehead atoms. The van der Waals surface area contributed by atoms with Crippen LogP contribution in [0.1, 0.15) is 0 Å². The summed E-state index contributed by atoms with van der Waals surface area (Å²) in [7, 11) is 0. The maximum Gasteiger partial charge on any atom is 0.165 e. The van der Waals surface area contributed by atoms with E-state index in [-0.39, 0.29) is 0 Å². The van der Waals surface area contributed by atoms with E-state index in [0.717, 1.165) is 49.9 Å². The van der Waals surface area contributed by atoms with Crippen LogP contribution in [0.3, 0.4) is 0 Å². The zero-order valence-corrected chi connectivity index (χ0v) is 29.1. The minimum Gasteiger partial charge on any atom is -0.309 e. The van der Waals surface area contributed by atoms with E-state index < -0.39 is 0 Å². The van der Waals surface area contributed by atoms with Gasteiger partial charge in [0, 0.05) is 43.3 Å². The molecule has 9 aromatic carbocycles. The predicted octanol–water partition coefficient (Wildman–Crippen LogP) is 13.0.